The number of aryl methyl sites for hydroxylation is 2. The van der Waals surface area contributed by atoms with Crippen molar-refractivity contribution in [3.05, 3.63) is 47.7 Å². The van der Waals surface area contributed by atoms with Crippen LogP contribution in [0, 0.1) is 0 Å². The fourth-order valence-corrected chi connectivity index (χ4v) is 2.21. The summed E-state index contributed by atoms with van der Waals surface area (Å²) in [6.45, 7) is 1.53. The van der Waals surface area contributed by atoms with Gasteiger partial charge < -0.3 is 14.6 Å². The fraction of sp³-hybridized carbons (Fsp3) is 0.471. The SMILES string of the molecule is CN(C)CCCNC(=O)c1nnc(CCCc2ccccc2)o1. The Morgan fingerprint density at radius 3 is 2.65 bits per heavy atom. The minimum Gasteiger partial charge on any atom is -0.417 e. The maximum absolute atomic E-state index is 11.9. The van der Waals surface area contributed by atoms with Crippen LogP contribution in [0.4, 0.5) is 0 Å². The number of hydrogen-bond acceptors (Lipinski definition) is 5. The molecule has 124 valence electrons. The van der Waals surface area contributed by atoms with Crippen LogP contribution in [0.5, 0.6) is 0 Å². The largest absolute Gasteiger partial charge is 0.417 e. The highest BCUT2D eigenvalue weighted by molar-refractivity contribution is 5.89. The average molecular weight is 316 g/mol. The van der Waals surface area contributed by atoms with E-state index in [4.69, 9.17) is 4.42 Å². The minimum absolute atomic E-state index is 0.0459. The highest BCUT2D eigenvalue weighted by Crippen LogP contribution is 2.07. The molecule has 6 heteroatoms. The van der Waals surface area contributed by atoms with Crippen molar-refractivity contribution in [3.8, 4) is 0 Å². The van der Waals surface area contributed by atoms with Gasteiger partial charge in [0.15, 0.2) is 0 Å². The molecule has 1 N–H and O–H groups in total. The van der Waals surface area contributed by atoms with E-state index in [1.54, 1.807) is 0 Å². The molecule has 1 amide bonds. The molecule has 1 aromatic heterocycles. The Balaban J connectivity index is 1.71. The molecule has 0 aliphatic rings. The molecule has 0 atom stereocenters. The van der Waals surface area contributed by atoms with E-state index >= 15 is 0 Å². The number of rotatable bonds is 9. The lowest BCUT2D eigenvalue weighted by atomic mass is 10.1. The Hall–Kier alpha value is -2.21. The van der Waals surface area contributed by atoms with Gasteiger partial charge in [-0.3, -0.25) is 4.79 Å². The zero-order chi connectivity index (χ0) is 16.5. The first-order valence-electron chi connectivity index (χ1n) is 7.94. The average Bonchev–Trinajstić information content (AvgIpc) is 3.01. The molecule has 0 saturated heterocycles. The number of carbonyl (C=O) groups excluding carboxylic acids is 1. The third-order valence-electron chi connectivity index (χ3n) is 3.43. The molecule has 1 aromatic carbocycles. The topological polar surface area (TPSA) is 71.3 Å². The minimum atomic E-state index is -0.300. The van der Waals surface area contributed by atoms with E-state index in [2.05, 4.69) is 32.5 Å². The van der Waals surface area contributed by atoms with Gasteiger partial charge in [-0.15, -0.1) is 10.2 Å². The summed E-state index contributed by atoms with van der Waals surface area (Å²) in [5.74, 6) is 0.259. The van der Waals surface area contributed by atoms with Crippen LogP contribution >= 0.6 is 0 Å². The first-order chi connectivity index (χ1) is 11.1. The maximum atomic E-state index is 11.9. The molecule has 0 unspecified atom stereocenters. The van der Waals surface area contributed by atoms with Crippen molar-refractivity contribution in [2.45, 2.75) is 25.7 Å². The van der Waals surface area contributed by atoms with Crippen molar-refractivity contribution >= 4 is 5.91 Å². The van der Waals surface area contributed by atoms with Crippen LogP contribution in [0.3, 0.4) is 0 Å². The van der Waals surface area contributed by atoms with E-state index in [-0.39, 0.29) is 11.8 Å². The molecular weight excluding hydrogens is 292 g/mol. The Bertz CT molecular complexity index is 596. The number of benzene rings is 1. The lowest BCUT2D eigenvalue weighted by molar-refractivity contribution is 0.0915. The van der Waals surface area contributed by atoms with E-state index < -0.39 is 0 Å². The van der Waals surface area contributed by atoms with E-state index in [1.165, 1.54) is 5.56 Å². The molecule has 0 bridgehead atoms. The van der Waals surface area contributed by atoms with Crippen molar-refractivity contribution in [1.29, 1.82) is 0 Å². The Kier molecular flexibility index (Phi) is 6.75. The summed E-state index contributed by atoms with van der Waals surface area (Å²) < 4.78 is 5.42. The summed E-state index contributed by atoms with van der Waals surface area (Å²) in [6.07, 6.45) is 3.43. The molecule has 2 aromatic rings. The number of amides is 1. The standard InChI is InChI=1S/C17H24N4O2/c1-21(2)13-7-12-18-16(22)17-20-19-15(23-17)11-6-10-14-8-4-3-5-9-14/h3-5,8-9H,6-7,10-13H2,1-2H3,(H,18,22). The third-order valence-corrected chi connectivity index (χ3v) is 3.43. The van der Waals surface area contributed by atoms with Crippen molar-refractivity contribution in [1.82, 2.24) is 20.4 Å². The number of nitrogens with zero attached hydrogens (tertiary/aromatic N) is 3. The predicted molar refractivity (Wildman–Crippen MR) is 88.3 cm³/mol. The van der Waals surface area contributed by atoms with Crippen LogP contribution < -0.4 is 5.32 Å². The van der Waals surface area contributed by atoms with Gasteiger partial charge >= 0.3 is 11.8 Å². The van der Waals surface area contributed by atoms with Gasteiger partial charge in [-0.2, -0.15) is 0 Å². The number of carbonyl (C=O) groups is 1. The van der Waals surface area contributed by atoms with Crippen molar-refractivity contribution in [2.75, 3.05) is 27.2 Å². The molecule has 1 heterocycles. The first kappa shape index (κ1) is 17.1. The second-order valence-corrected chi connectivity index (χ2v) is 5.75. The van der Waals surface area contributed by atoms with Gasteiger partial charge in [-0.1, -0.05) is 30.3 Å². The van der Waals surface area contributed by atoms with Crippen molar-refractivity contribution < 1.29 is 9.21 Å². The second kappa shape index (κ2) is 9.05. The number of aromatic nitrogens is 2. The van der Waals surface area contributed by atoms with Crippen molar-refractivity contribution in [2.24, 2.45) is 0 Å². The van der Waals surface area contributed by atoms with Gasteiger partial charge in [0.05, 0.1) is 0 Å². The zero-order valence-corrected chi connectivity index (χ0v) is 13.8. The number of nitrogens with one attached hydrogen (secondary N) is 1. The van der Waals surface area contributed by atoms with Crippen molar-refractivity contribution in [3.63, 3.8) is 0 Å². The smallest absolute Gasteiger partial charge is 0.308 e. The summed E-state index contributed by atoms with van der Waals surface area (Å²) in [5.41, 5.74) is 1.28. The van der Waals surface area contributed by atoms with Gasteiger partial charge in [0.25, 0.3) is 0 Å². The lowest BCUT2D eigenvalue weighted by Gasteiger charge is -2.08. The maximum Gasteiger partial charge on any atom is 0.308 e. The monoisotopic (exact) mass is 316 g/mol. The van der Waals surface area contributed by atoms with E-state index in [9.17, 15) is 4.79 Å². The normalized spacial score (nSPS) is 10.9. The summed E-state index contributed by atoms with van der Waals surface area (Å²) in [5, 5.41) is 10.5. The molecule has 2 rings (SSSR count). The van der Waals surface area contributed by atoms with Gasteiger partial charge in [0.2, 0.25) is 5.89 Å². The summed E-state index contributed by atoms with van der Waals surface area (Å²) in [6, 6.07) is 10.3. The van der Waals surface area contributed by atoms with E-state index in [0.717, 1.165) is 25.8 Å². The lowest BCUT2D eigenvalue weighted by Crippen LogP contribution is -2.27. The molecule has 0 saturated carbocycles. The Morgan fingerprint density at radius 2 is 1.91 bits per heavy atom. The highest BCUT2D eigenvalue weighted by atomic mass is 16.4. The van der Waals surface area contributed by atoms with Gasteiger partial charge in [0.1, 0.15) is 0 Å². The van der Waals surface area contributed by atoms with E-state index in [0.29, 0.717) is 18.9 Å². The molecular formula is C17H24N4O2. The molecule has 0 fully saturated rings. The zero-order valence-electron chi connectivity index (χ0n) is 13.8. The van der Waals surface area contributed by atoms with Crippen LogP contribution in [-0.4, -0.2) is 48.2 Å². The highest BCUT2D eigenvalue weighted by Gasteiger charge is 2.14. The third kappa shape index (κ3) is 6.20. The molecule has 0 spiro atoms. The second-order valence-electron chi connectivity index (χ2n) is 5.75. The molecule has 0 aliphatic heterocycles. The van der Waals surface area contributed by atoms with E-state index in [1.807, 2.05) is 32.3 Å². The quantitative estimate of drug-likeness (QED) is 0.716. The Morgan fingerprint density at radius 1 is 1.13 bits per heavy atom. The molecule has 0 radical (unpaired) electrons. The predicted octanol–water partition coefficient (Wildman–Crippen LogP) is 1.93. The van der Waals surface area contributed by atoms with Gasteiger partial charge in [-0.05, 0) is 45.5 Å². The fourth-order valence-electron chi connectivity index (χ4n) is 2.21. The van der Waals surface area contributed by atoms with Crippen LogP contribution in [0.15, 0.2) is 34.7 Å². The van der Waals surface area contributed by atoms with Gasteiger partial charge in [0, 0.05) is 13.0 Å². The van der Waals surface area contributed by atoms with Crippen LogP contribution in [0.2, 0.25) is 0 Å². The Labute approximate surface area is 136 Å². The number of hydrogen-bond donors (Lipinski definition) is 1. The summed E-state index contributed by atoms with van der Waals surface area (Å²) in [4.78, 5) is 14.0. The molecule has 0 aliphatic carbocycles. The van der Waals surface area contributed by atoms with Crippen LogP contribution in [0.25, 0.3) is 0 Å². The summed E-state index contributed by atoms with van der Waals surface area (Å²) in [7, 11) is 4.00. The molecule has 6 nitrogen and oxygen atoms in total. The first-order valence-corrected chi connectivity index (χ1v) is 7.94. The van der Waals surface area contributed by atoms with Gasteiger partial charge in [-0.25, -0.2) is 0 Å². The van der Waals surface area contributed by atoms with Crippen LogP contribution in [0.1, 0.15) is 35.0 Å². The van der Waals surface area contributed by atoms with Crippen LogP contribution in [-0.2, 0) is 12.8 Å². The summed E-state index contributed by atoms with van der Waals surface area (Å²) >= 11 is 0. The molecule has 23 heavy (non-hydrogen) atoms.